The summed E-state index contributed by atoms with van der Waals surface area (Å²) < 4.78 is 27.3. The monoisotopic (exact) mass is 322 g/mol. The Kier molecular flexibility index (Phi) is 3.57. The first kappa shape index (κ1) is 15.5. The minimum Gasteiger partial charge on any atom is -0.545 e. The molecule has 1 aliphatic carbocycles. The van der Waals surface area contributed by atoms with Crippen LogP contribution in [0, 0.1) is 11.3 Å². The minimum absolute atomic E-state index is 0.0137. The highest BCUT2D eigenvalue weighted by atomic mass is 32.2. The Bertz CT molecular complexity index is 693. The number of rotatable bonds is 3. The molecule has 2 atom stereocenters. The second-order valence-corrected chi connectivity index (χ2v) is 9.11. The molecule has 0 amide bonds. The Labute approximate surface area is 131 Å². The van der Waals surface area contributed by atoms with E-state index in [4.69, 9.17) is 0 Å². The third-order valence-electron chi connectivity index (χ3n) is 4.78. The van der Waals surface area contributed by atoms with Crippen LogP contribution in [0.3, 0.4) is 0 Å². The number of fused-ring (bicyclic) bond motifs is 2. The Hall–Kier alpha value is -1.40. The Morgan fingerprint density at radius 3 is 2.45 bits per heavy atom. The molecule has 6 heteroatoms. The van der Waals surface area contributed by atoms with Gasteiger partial charge in [-0.3, -0.25) is 0 Å². The molecule has 1 aromatic carbocycles. The van der Waals surface area contributed by atoms with E-state index in [1.165, 1.54) is 24.3 Å². The molecule has 2 fully saturated rings. The van der Waals surface area contributed by atoms with Crippen molar-refractivity contribution in [2.75, 3.05) is 6.54 Å². The SMILES string of the molecule is CC1(C)C[C@@H]2C[C@H](C1)N(S(=O)(=O)c1ccc(C(=O)[O-])cc1)C2. The summed E-state index contributed by atoms with van der Waals surface area (Å²) in [6.45, 7) is 4.95. The summed E-state index contributed by atoms with van der Waals surface area (Å²) in [7, 11) is -3.57. The number of nitrogens with zero attached hydrogens (tertiary/aromatic N) is 1. The number of hydrogen-bond donors (Lipinski definition) is 0. The van der Waals surface area contributed by atoms with Gasteiger partial charge >= 0.3 is 0 Å². The van der Waals surface area contributed by atoms with E-state index in [1.807, 2.05) is 0 Å². The first-order chi connectivity index (χ1) is 10.2. The van der Waals surface area contributed by atoms with Gasteiger partial charge in [0, 0.05) is 12.6 Å². The molecule has 0 radical (unpaired) electrons. The molecular formula is C16H20NO4S-. The number of carbonyl (C=O) groups is 1. The second kappa shape index (κ2) is 5.06. The molecule has 1 aliphatic heterocycles. The van der Waals surface area contributed by atoms with Gasteiger partial charge in [-0.2, -0.15) is 4.31 Å². The lowest BCUT2D eigenvalue weighted by atomic mass is 9.72. The lowest BCUT2D eigenvalue weighted by Crippen LogP contribution is -2.37. The van der Waals surface area contributed by atoms with Gasteiger partial charge in [0.15, 0.2) is 0 Å². The number of benzene rings is 1. The van der Waals surface area contributed by atoms with Crippen LogP contribution in [0.25, 0.3) is 0 Å². The summed E-state index contributed by atoms with van der Waals surface area (Å²) in [5.41, 5.74) is 0.164. The van der Waals surface area contributed by atoms with Crippen molar-refractivity contribution in [1.82, 2.24) is 4.31 Å². The zero-order valence-electron chi connectivity index (χ0n) is 12.8. The minimum atomic E-state index is -3.57. The van der Waals surface area contributed by atoms with Crippen LogP contribution in [0.2, 0.25) is 0 Å². The van der Waals surface area contributed by atoms with Crippen molar-refractivity contribution in [2.45, 2.75) is 44.0 Å². The summed E-state index contributed by atoms with van der Waals surface area (Å²) in [6, 6.07) is 5.34. The molecule has 0 spiro atoms. The lowest BCUT2D eigenvalue weighted by Gasteiger charge is -2.34. The smallest absolute Gasteiger partial charge is 0.243 e. The third-order valence-corrected chi connectivity index (χ3v) is 6.71. The number of carboxylic acids is 1. The van der Waals surface area contributed by atoms with Crippen LogP contribution in [0.5, 0.6) is 0 Å². The van der Waals surface area contributed by atoms with E-state index >= 15 is 0 Å². The maximum absolute atomic E-state index is 12.8. The van der Waals surface area contributed by atoms with Gasteiger partial charge in [0.25, 0.3) is 0 Å². The molecule has 1 aromatic rings. The molecular weight excluding hydrogens is 302 g/mol. The molecule has 0 aromatic heterocycles. The van der Waals surface area contributed by atoms with E-state index in [-0.39, 0.29) is 21.9 Å². The summed E-state index contributed by atoms with van der Waals surface area (Å²) in [6.07, 6.45) is 2.86. The van der Waals surface area contributed by atoms with E-state index in [9.17, 15) is 18.3 Å². The second-order valence-electron chi connectivity index (χ2n) is 7.21. The predicted octanol–water partition coefficient (Wildman–Crippen LogP) is 1.25. The Balaban J connectivity index is 1.89. The fourth-order valence-electron chi connectivity index (χ4n) is 4.01. The van der Waals surface area contributed by atoms with Gasteiger partial charge in [-0.15, -0.1) is 0 Å². The van der Waals surface area contributed by atoms with Crippen LogP contribution in [-0.2, 0) is 10.0 Å². The van der Waals surface area contributed by atoms with E-state index in [0.717, 1.165) is 19.3 Å². The Morgan fingerprint density at radius 2 is 1.86 bits per heavy atom. The first-order valence-electron chi connectivity index (χ1n) is 7.52. The van der Waals surface area contributed by atoms with Crippen molar-refractivity contribution < 1.29 is 18.3 Å². The molecule has 0 unspecified atom stereocenters. The summed E-state index contributed by atoms with van der Waals surface area (Å²) in [5.74, 6) is -0.881. The van der Waals surface area contributed by atoms with E-state index < -0.39 is 16.0 Å². The van der Waals surface area contributed by atoms with Gasteiger partial charge in [0.1, 0.15) is 0 Å². The average Bonchev–Trinajstić information content (AvgIpc) is 2.74. The maximum atomic E-state index is 12.8. The normalized spacial score (nSPS) is 27.7. The van der Waals surface area contributed by atoms with Crippen molar-refractivity contribution in [2.24, 2.45) is 11.3 Å². The highest BCUT2D eigenvalue weighted by molar-refractivity contribution is 7.89. The fourth-order valence-corrected chi connectivity index (χ4v) is 5.72. The van der Waals surface area contributed by atoms with Crippen LogP contribution in [0.1, 0.15) is 43.5 Å². The predicted molar refractivity (Wildman–Crippen MR) is 79.6 cm³/mol. The molecule has 0 N–H and O–H groups in total. The number of carbonyl (C=O) groups excluding carboxylic acids is 1. The van der Waals surface area contributed by atoms with Gasteiger partial charge < -0.3 is 9.90 Å². The van der Waals surface area contributed by atoms with Crippen LogP contribution < -0.4 is 5.11 Å². The van der Waals surface area contributed by atoms with Gasteiger partial charge in [-0.25, -0.2) is 8.42 Å². The topological polar surface area (TPSA) is 77.5 Å². The number of carboxylic acid groups (broad SMARTS) is 1. The zero-order chi connectivity index (χ0) is 16.1. The highest BCUT2D eigenvalue weighted by Gasteiger charge is 2.47. The summed E-state index contributed by atoms with van der Waals surface area (Å²) in [5, 5.41) is 10.8. The van der Waals surface area contributed by atoms with Crippen LogP contribution in [-0.4, -0.2) is 31.3 Å². The molecule has 1 saturated carbocycles. The first-order valence-corrected chi connectivity index (χ1v) is 8.96. The molecule has 2 aliphatic rings. The maximum Gasteiger partial charge on any atom is 0.243 e. The molecule has 5 nitrogen and oxygen atoms in total. The van der Waals surface area contributed by atoms with E-state index in [0.29, 0.717) is 12.5 Å². The third kappa shape index (κ3) is 2.65. The standard InChI is InChI=1S/C16H21NO4S/c1-16(2)8-11-7-13(9-16)17(10-11)22(20,21)14-5-3-12(4-6-14)15(18)19/h3-6,11,13H,7-10H2,1-2H3,(H,18,19)/p-1/t11-,13+/m0/s1. The van der Waals surface area contributed by atoms with E-state index in [1.54, 1.807) is 4.31 Å². The molecule has 120 valence electrons. The molecule has 2 bridgehead atoms. The van der Waals surface area contributed by atoms with Crippen LogP contribution >= 0.6 is 0 Å². The molecule has 1 saturated heterocycles. The van der Waals surface area contributed by atoms with Crippen molar-refractivity contribution >= 4 is 16.0 Å². The van der Waals surface area contributed by atoms with Gasteiger partial charge in [0.2, 0.25) is 10.0 Å². The Morgan fingerprint density at radius 1 is 1.23 bits per heavy atom. The van der Waals surface area contributed by atoms with E-state index in [2.05, 4.69) is 13.8 Å². The van der Waals surface area contributed by atoms with Crippen molar-refractivity contribution in [3.63, 3.8) is 0 Å². The van der Waals surface area contributed by atoms with Gasteiger partial charge in [-0.05, 0) is 48.3 Å². The summed E-state index contributed by atoms with van der Waals surface area (Å²) >= 11 is 0. The average molecular weight is 322 g/mol. The number of aromatic carboxylic acids is 1. The van der Waals surface area contributed by atoms with Crippen molar-refractivity contribution in [1.29, 1.82) is 0 Å². The summed E-state index contributed by atoms with van der Waals surface area (Å²) in [4.78, 5) is 10.9. The highest BCUT2D eigenvalue weighted by Crippen LogP contribution is 2.46. The van der Waals surface area contributed by atoms with Crippen LogP contribution in [0.15, 0.2) is 29.2 Å². The molecule has 3 rings (SSSR count). The van der Waals surface area contributed by atoms with Crippen molar-refractivity contribution in [3.05, 3.63) is 29.8 Å². The van der Waals surface area contributed by atoms with Gasteiger partial charge in [-0.1, -0.05) is 26.0 Å². The zero-order valence-corrected chi connectivity index (χ0v) is 13.6. The largest absolute Gasteiger partial charge is 0.545 e. The number of hydrogen-bond acceptors (Lipinski definition) is 4. The van der Waals surface area contributed by atoms with Crippen molar-refractivity contribution in [3.8, 4) is 0 Å². The molecule has 22 heavy (non-hydrogen) atoms. The van der Waals surface area contributed by atoms with Crippen LogP contribution in [0.4, 0.5) is 0 Å². The molecule has 1 heterocycles. The fraction of sp³-hybridized carbons (Fsp3) is 0.562. The lowest BCUT2D eigenvalue weighted by molar-refractivity contribution is -0.255. The number of sulfonamides is 1. The quantitative estimate of drug-likeness (QED) is 0.839. The van der Waals surface area contributed by atoms with Gasteiger partial charge in [0.05, 0.1) is 10.9 Å².